The molecule has 4 heteroatoms. The van der Waals surface area contributed by atoms with Crippen LogP contribution in [-0.2, 0) is 11.3 Å². The third kappa shape index (κ3) is 4.42. The zero-order valence-electron chi connectivity index (χ0n) is 11.3. The van der Waals surface area contributed by atoms with Gasteiger partial charge in [0.25, 0.3) is 0 Å². The summed E-state index contributed by atoms with van der Waals surface area (Å²) in [6.07, 6.45) is 0. The Morgan fingerprint density at radius 2 is 2.00 bits per heavy atom. The second-order valence-electron chi connectivity index (χ2n) is 5.50. The van der Waals surface area contributed by atoms with Crippen molar-refractivity contribution < 1.29 is 9.90 Å². The van der Waals surface area contributed by atoms with Gasteiger partial charge in [-0.25, -0.2) is 0 Å². The molecule has 0 aliphatic rings. The highest BCUT2D eigenvalue weighted by Crippen LogP contribution is 2.21. The van der Waals surface area contributed by atoms with E-state index in [1.807, 2.05) is 44.7 Å². The van der Waals surface area contributed by atoms with Gasteiger partial charge >= 0.3 is 5.97 Å². The van der Waals surface area contributed by atoms with Gasteiger partial charge in [0.15, 0.2) is 0 Å². The molecule has 0 aliphatic carbocycles. The molecule has 0 aromatic heterocycles. The standard InChI is InChI=1S/C14H20BrNO2/c1-10-7-11(5-6-12(10)15)8-16(9-13(17)18)14(2,3)4/h5-7H,8-9H2,1-4H3,(H,17,18). The van der Waals surface area contributed by atoms with E-state index in [9.17, 15) is 4.79 Å². The third-order valence-corrected chi connectivity index (χ3v) is 3.76. The van der Waals surface area contributed by atoms with E-state index >= 15 is 0 Å². The van der Waals surface area contributed by atoms with Crippen LogP contribution in [0, 0.1) is 6.92 Å². The minimum Gasteiger partial charge on any atom is -0.480 e. The Morgan fingerprint density at radius 1 is 1.39 bits per heavy atom. The zero-order chi connectivity index (χ0) is 13.9. The molecule has 1 aromatic carbocycles. The van der Waals surface area contributed by atoms with E-state index in [2.05, 4.69) is 22.0 Å². The average Bonchev–Trinajstić information content (AvgIpc) is 2.20. The van der Waals surface area contributed by atoms with E-state index in [0.717, 1.165) is 15.6 Å². The SMILES string of the molecule is Cc1cc(CN(CC(=O)O)C(C)(C)C)ccc1Br. The molecule has 0 amide bonds. The quantitative estimate of drug-likeness (QED) is 0.925. The molecule has 1 N–H and O–H groups in total. The molecular weight excluding hydrogens is 294 g/mol. The lowest BCUT2D eigenvalue weighted by Gasteiger charge is -2.34. The summed E-state index contributed by atoms with van der Waals surface area (Å²) >= 11 is 3.47. The molecule has 0 heterocycles. The van der Waals surface area contributed by atoms with Crippen LogP contribution in [0.4, 0.5) is 0 Å². The summed E-state index contributed by atoms with van der Waals surface area (Å²) in [5, 5.41) is 8.97. The number of nitrogens with zero attached hydrogens (tertiary/aromatic N) is 1. The minimum atomic E-state index is -0.793. The first-order valence-electron chi connectivity index (χ1n) is 5.92. The maximum atomic E-state index is 10.9. The van der Waals surface area contributed by atoms with E-state index < -0.39 is 5.97 Å². The van der Waals surface area contributed by atoms with Crippen LogP contribution in [0.25, 0.3) is 0 Å². The second kappa shape index (κ2) is 5.85. The molecule has 0 spiro atoms. The Hall–Kier alpha value is -0.870. The molecule has 0 bridgehead atoms. The van der Waals surface area contributed by atoms with Gasteiger partial charge in [-0.2, -0.15) is 0 Å². The zero-order valence-corrected chi connectivity index (χ0v) is 12.9. The van der Waals surface area contributed by atoms with Gasteiger partial charge in [-0.05, 0) is 44.9 Å². The Balaban J connectivity index is 2.89. The lowest BCUT2D eigenvalue weighted by molar-refractivity contribution is -0.139. The Kier molecular flexibility index (Phi) is 4.93. The van der Waals surface area contributed by atoms with Gasteiger partial charge in [0.05, 0.1) is 6.54 Å². The number of halogens is 1. The summed E-state index contributed by atoms with van der Waals surface area (Å²) in [5.74, 6) is -0.793. The fraction of sp³-hybridized carbons (Fsp3) is 0.500. The predicted octanol–water partition coefficient (Wildman–Crippen LogP) is 3.44. The topological polar surface area (TPSA) is 40.5 Å². The molecule has 1 aromatic rings. The molecule has 0 aliphatic heterocycles. The molecule has 0 radical (unpaired) electrons. The van der Waals surface area contributed by atoms with E-state index in [-0.39, 0.29) is 12.1 Å². The van der Waals surface area contributed by atoms with Crippen molar-refractivity contribution in [2.24, 2.45) is 0 Å². The number of aliphatic carboxylic acids is 1. The van der Waals surface area contributed by atoms with Crippen LogP contribution in [-0.4, -0.2) is 28.1 Å². The van der Waals surface area contributed by atoms with Crippen molar-refractivity contribution in [3.8, 4) is 0 Å². The monoisotopic (exact) mass is 313 g/mol. The highest BCUT2D eigenvalue weighted by molar-refractivity contribution is 9.10. The highest BCUT2D eigenvalue weighted by Gasteiger charge is 2.23. The van der Waals surface area contributed by atoms with Gasteiger partial charge in [0, 0.05) is 16.6 Å². The van der Waals surface area contributed by atoms with E-state index in [0.29, 0.717) is 6.54 Å². The van der Waals surface area contributed by atoms with Crippen LogP contribution in [0.2, 0.25) is 0 Å². The lowest BCUT2D eigenvalue weighted by atomic mass is 10.0. The molecule has 18 heavy (non-hydrogen) atoms. The first kappa shape index (κ1) is 15.2. The van der Waals surface area contributed by atoms with Crippen LogP contribution in [0.5, 0.6) is 0 Å². The summed E-state index contributed by atoms with van der Waals surface area (Å²) in [6, 6.07) is 6.12. The molecule has 100 valence electrons. The van der Waals surface area contributed by atoms with Crippen molar-refractivity contribution in [3.63, 3.8) is 0 Å². The Labute approximate surface area is 117 Å². The Morgan fingerprint density at radius 3 is 2.44 bits per heavy atom. The second-order valence-corrected chi connectivity index (χ2v) is 6.36. The van der Waals surface area contributed by atoms with Crippen LogP contribution >= 0.6 is 15.9 Å². The fourth-order valence-corrected chi connectivity index (χ4v) is 1.97. The molecular formula is C14H20BrNO2. The molecule has 0 unspecified atom stereocenters. The van der Waals surface area contributed by atoms with Gasteiger partial charge in [-0.15, -0.1) is 0 Å². The largest absolute Gasteiger partial charge is 0.480 e. The first-order valence-corrected chi connectivity index (χ1v) is 6.71. The van der Waals surface area contributed by atoms with Gasteiger partial charge in [0.2, 0.25) is 0 Å². The van der Waals surface area contributed by atoms with Crippen LogP contribution in [0.1, 0.15) is 31.9 Å². The van der Waals surface area contributed by atoms with Gasteiger partial charge < -0.3 is 5.11 Å². The number of aryl methyl sites for hydroxylation is 1. The summed E-state index contributed by atoms with van der Waals surface area (Å²) in [4.78, 5) is 12.9. The van der Waals surface area contributed by atoms with E-state index in [1.54, 1.807) is 0 Å². The summed E-state index contributed by atoms with van der Waals surface area (Å²) in [5.41, 5.74) is 2.13. The smallest absolute Gasteiger partial charge is 0.317 e. The van der Waals surface area contributed by atoms with Gasteiger partial charge in [0.1, 0.15) is 0 Å². The van der Waals surface area contributed by atoms with Crippen molar-refractivity contribution >= 4 is 21.9 Å². The molecule has 0 saturated carbocycles. The maximum absolute atomic E-state index is 10.9. The normalized spacial score (nSPS) is 11.9. The number of carbonyl (C=O) groups is 1. The third-order valence-electron chi connectivity index (χ3n) is 2.87. The predicted molar refractivity (Wildman–Crippen MR) is 76.7 cm³/mol. The number of carboxylic acid groups (broad SMARTS) is 1. The minimum absolute atomic E-state index is 0.0542. The number of hydrogen-bond acceptors (Lipinski definition) is 2. The number of rotatable bonds is 4. The van der Waals surface area contributed by atoms with Crippen molar-refractivity contribution in [2.45, 2.75) is 39.8 Å². The van der Waals surface area contributed by atoms with Crippen molar-refractivity contribution in [1.29, 1.82) is 0 Å². The maximum Gasteiger partial charge on any atom is 0.317 e. The summed E-state index contributed by atoms with van der Waals surface area (Å²) in [7, 11) is 0. The van der Waals surface area contributed by atoms with E-state index in [4.69, 9.17) is 5.11 Å². The lowest BCUT2D eigenvalue weighted by Crippen LogP contribution is -2.43. The number of hydrogen-bond donors (Lipinski definition) is 1. The van der Waals surface area contributed by atoms with Gasteiger partial charge in [-0.1, -0.05) is 28.1 Å². The number of carboxylic acids is 1. The van der Waals surface area contributed by atoms with Crippen molar-refractivity contribution in [2.75, 3.05) is 6.54 Å². The Bertz CT molecular complexity index is 438. The first-order chi connectivity index (χ1) is 8.20. The molecule has 3 nitrogen and oxygen atoms in total. The fourth-order valence-electron chi connectivity index (χ4n) is 1.72. The van der Waals surface area contributed by atoms with Crippen molar-refractivity contribution in [1.82, 2.24) is 4.90 Å². The molecule has 1 rings (SSSR count). The van der Waals surface area contributed by atoms with Gasteiger partial charge in [-0.3, -0.25) is 9.69 Å². The van der Waals surface area contributed by atoms with Crippen LogP contribution < -0.4 is 0 Å². The average molecular weight is 314 g/mol. The summed E-state index contributed by atoms with van der Waals surface area (Å²) in [6.45, 7) is 8.82. The van der Waals surface area contributed by atoms with Crippen LogP contribution in [0.15, 0.2) is 22.7 Å². The van der Waals surface area contributed by atoms with Crippen LogP contribution in [0.3, 0.4) is 0 Å². The van der Waals surface area contributed by atoms with E-state index in [1.165, 1.54) is 0 Å². The number of benzene rings is 1. The molecule has 0 atom stereocenters. The molecule has 0 saturated heterocycles. The molecule has 0 fully saturated rings. The summed E-state index contributed by atoms with van der Waals surface area (Å²) < 4.78 is 1.08. The van der Waals surface area contributed by atoms with Crippen molar-refractivity contribution in [3.05, 3.63) is 33.8 Å². The highest BCUT2D eigenvalue weighted by atomic mass is 79.9.